The molecule has 2 N–H and O–H groups in total. The number of carbonyl (C=O) groups is 1. The van der Waals surface area contributed by atoms with Crippen LogP contribution in [0, 0.1) is 5.92 Å². The highest BCUT2D eigenvalue weighted by atomic mass is 16.5. The van der Waals surface area contributed by atoms with Crippen LogP contribution in [-0.4, -0.2) is 25.6 Å². The van der Waals surface area contributed by atoms with Crippen LogP contribution in [-0.2, 0) is 16.1 Å². The van der Waals surface area contributed by atoms with Crippen molar-refractivity contribution in [3.05, 3.63) is 29.8 Å². The van der Waals surface area contributed by atoms with Gasteiger partial charge in [-0.1, -0.05) is 26.0 Å². The Morgan fingerprint density at radius 2 is 2.05 bits per heavy atom. The molecule has 1 atom stereocenters. The molecule has 1 rings (SSSR count). The Bertz CT molecular complexity index is 405. The molecule has 106 valence electrons. The van der Waals surface area contributed by atoms with E-state index in [9.17, 15) is 4.79 Å². The summed E-state index contributed by atoms with van der Waals surface area (Å²) in [6, 6.07) is 7.64. The number of hydrogen-bond acceptors (Lipinski definition) is 3. The van der Waals surface area contributed by atoms with Gasteiger partial charge in [-0.05, 0) is 30.5 Å². The molecule has 0 fully saturated rings. The number of amides is 1. The molecule has 0 saturated heterocycles. The summed E-state index contributed by atoms with van der Waals surface area (Å²) in [6.45, 7) is 7.29. The summed E-state index contributed by atoms with van der Waals surface area (Å²) >= 11 is 0. The molecule has 0 unspecified atom stereocenters. The summed E-state index contributed by atoms with van der Waals surface area (Å²) in [4.78, 5) is 11.9. The highest BCUT2D eigenvalue weighted by Gasteiger charge is 2.12. The van der Waals surface area contributed by atoms with E-state index < -0.39 is 0 Å². The van der Waals surface area contributed by atoms with Crippen molar-refractivity contribution in [2.75, 3.05) is 19.0 Å². The monoisotopic (exact) mass is 264 g/mol. The second kappa shape index (κ2) is 7.79. The molecule has 0 aliphatic rings. The SMILES string of the molecule is COCc1cccc(N[C@H](C)C(=O)NCC(C)C)c1. The summed E-state index contributed by atoms with van der Waals surface area (Å²) in [5.41, 5.74) is 2.02. The van der Waals surface area contributed by atoms with E-state index in [1.54, 1.807) is 7.11 Å². The molecular formula is C15H24N2O2. The normalized spacial score (nSPS) is 12.3. The van der Waals surface area contributed by atoms with Gasteiger partial charge in [0.2, 0.25) is 5.91 Å². The lowest BCUT2D eigenvalue weighted by Gasteiger charge is -2.16. The molecule has 1 aromatic rings. The van der Waals surface area contributed by atoms with Crippen molar-refractivity contribution in [1.29, 1.82) is 0 Å². The van der Waals surface area contributed by atoms with E-state index in [1.165, 1.54) is 0 Å². The zero-order valence-corrected chi connectivity index (χ0v) is 12.2. The Morgan fingerprint density at radius 3 is 2.68 bits per heavy atom. The molecular weight excluding hydrogens is 240 g/mol. The number of hydrogen-bond donors (Lipinski definition) is 2. The Kier molecular flexibility index (Phi) is 6.36. The molecule has 19 heavy (non-hydrogen) atoms. The lowest BCUT2D eigenvalue weighted by Crippen LogP contribution is -2.39. The summed E-state index contributed by atoms with van der Waals surface area (Å²) in [6.07, 6.45) is 0. The van der Waals surface area contributed by atoms with Crippen LogP contribution in [0.25, 0.3) is 0 Å². The van der Waals surface area contributed by atoms with Crippen molar-refractivity contribution >= 4 is 11.6 Å². The van der Waals surface area contributed by atoms with Crippen molar-refractivity contribution < 1.29 is 9.53 Å². The summed E-state index contributed by atoms with van der Waals surface area (Å²) < 4.78 is 5.09. The van der Waals surface area contributed by atoms with Gasteiger partial charge < -0.3 is 15.4 Å². The zero-order valence-electron chi connectivity index (χ0n) is 12.2. The molecule has 0 bridgehead atoms. The lowest BCUT2D eigenvalue weighted by molar-refractivity contribution is -0.121. The number of carbonyl (C=O) groups excluding carboxylic acids is 1. The molecule has 0 radical (unpaired) electrons. The van der Waals surface area contributed by atoms with Gasteiger partial charge in [-0.3, -0.25) is 4.79 Å². The van der Waals surface area contributed by atoms with Crippen molar-refractivity contribution in [3.63, 3.8) is 0 Å². The number of methoxy groups -OCH3 is 1. The van der Waals surface area contributed by atoms with E-state index in [0.29, 0.717) is 19.1 Å². The van der Waals surface area contributed by atoms with Crippen LogP contribution in [0.15, 0.2) is 24.3 Å². The molecule has 0 heterocycles. The Labute approximate surface area is 115 Å². The van der Waals surface area contributed by atoms with Gasteiger partial charge in [0.25, 0.3) is 0 Å². The van der Waals surface area contributed by atoms with Gasteiger partial charge in [0, 0.05) is 19.3 Å². The third-order valence-corrected chi connectivity index (χ3v) is 2.70. The summed E-state index contributed by atoms with van der Waals surface area (Å²) in [5, 5.41) is 6.11. The van der Waals surface area contributed by atoms with Crippen molar-refractivity contribution in [2.24, 2.45) is 5.92 Å². The minimum Gasteiger partial charge on any atom is -0.380 e. The average Bonchev–Trinajstić information content (AvgIpc) is 2.36. The maximum atomic E-state index is 11.9. The van der Waals surface area contributed by atoms with Gasteiger partial charge >= 0.3 is 0 Å². The largest absolute Gasteiger partial charge is 0.380 e. The van der Waals surface area contributed by atoms with Crippen molar-refractivity contribution in [1.82, 2.24) is 5.32 Å². The minimum atomic E-state index is -0.253. The minimum absolute atomic E-state index is 0.0193. The third kappa shape index (κ3) is 5.75. The van der Waals surface area contributed by atoms with Crippen molar-refractivity contribution in [3.8, 4) is 0 Å². The zero-order chi connectivity index (χ0) is 14.3. The van der Waals surface area contributed by atoms with Crippen LogP contribution in [0.1, 0.15) is 26.3 Å². The van der Waals surface area contributed by atoms with E-state index in [-0.39, 0.29) is 11.9 Å². The predicted molar refractivity (Wildman–Crippen MR) is 78.1 cm³/mol. The molecule has 4 nitrogen and oxygen atoms in total. The maximum absolute atomic E-state index is 11.9. The predicted octanol–water partition coefficient (Wildman–Crippen LogP) is 2.41. The fraction of sp³-hybridized carbons (Fsp3) is 0.533. The van der Waals surface area contributed by atoms with Gasteiger partial charge in [-0.2, -0.15) is 0 Å². The van der Waals surface area contributed by atoms with Crippen LogP contribution in [0.4, 0.5) is 5.69 Å². The Morgan fingerprint density at radius 1 is 1.32 bits per heavy atom. The summed E-state index contributed by atoms with van der Waals surface area (Å²) in [7, 11) is 1.67. The van der Waals surface area contributed by atoms with Gasteiger partial charge in [0.1, 0.15) is 6.04 Å². The standard InChI is InChI=1S/C15H24N2O2/c1-11(2)9-16-15(18)12(3)17-14-7-5-6-13(8-14)10-19-4/h5-8,11-12,17H,9-10H2,1-4H3,(H,16,18)/t12-/m1/s1. The first-order chi connectivity index (χ1) is 9.02. The summed E-state index contributed by atoms with van der Waals surface area (Å²) in [5.74, 6) is 0.479. The fourth-order valence-electron chi connectivity index (χ4n) is 1.69. The highest BCUT2D eigenvalue weighted by molar-refractivity contribution is 5.84. The first-order valence-corrected chi connectivity index (χ1v) is 6.65. The van der Waals surface area contributed by atoms with Gasteiger partial charge in [-0.15, -0.1) is 0 Å². The van der Waals surface area contributed by atoms with Crippen LogP contribution in [0.3, 0.4) is 0 Å². The molecule has 0 spiro atoms. The maximum Gasteiger partial charge on any atom is 0.242 e. The second-order valence-electron chi connectivity index (χ2n) is 5.14. The smallest absolute Gasteiger partial charge is 0.242 e. The van der Waals surface area contributed by atoms with Gasteiger partial charge in [-0.25, -0.2) is 0 Å². The number of anilines is 1. The quantitative estimate of drug-likeness (QED) is 0.795. The molecule has 0 saturated carbocycles. The molecule has 1 aromatic carbocycles. The van der Waals surface area contributed by atoms with Crippen LogP contribution >= 0.6 is 0 Å². The van der Waals surface area contributed by atoms with Crippen LogP contribution < -0.4 is 10.6 Å². The van der Waals surface area contributed by atoms with E-state index in [2.05, 4.69) is 24.5 Å². The van der Waals surface area contributed by atoms with Crippen LogP contribution in [0.5, 0.6) is 0 Å². The molecule has 1 amide bonds. The van der Waals surface area contributed by atoms with E-state index in [0.717, 1.165) is 11.3 Å². The molecule has 0 aliphatic heterocycles. The van der Waals surface area contributed by atoms with E-state index in [4.69, 9.17) is 4.74 Å². The second-order valence-corrected chi connectivity index (χ2v) is 5.14. The highest BCUT2D eigenvalue weighted by Crippen LogP contribution is 2.12. The molecule has 0 aromatic heterocycles. The Balaban J connectivity index is 2.53. The molecule has 4 heteroatoms. The number of ether oxygens (including phenoxy) is 1. The first-order valence-electron chi connectivity index (χ1n) is 6.65. The number of nitrogens with one attached hydrogen (secondary N) is 2. The van der Waals surface area contributed by atoms with Crippen molar-refractivity contribution in [2.45, 2.75) is 33.4 Å². The first kappa shape index (κ1) is 15.5. The third-order valence-electron chi connectivity index (χ3n) is 2.70. The average molecular weight is 264 g/mol. The lowest BCUT2D eigenvalue weighted by atomic mass is 10.2. The topological polar surface area (TPSA) is 50.4 Å². The van der Waals surface area contributed by atoms with Gasteiger partial charge in [0.15, 0.2) is 0 Å². The fourth-order valence-corrected chi connectivity index (χ4v) is 1.69. The van der Waals surface area contributed by atoms with E-state index in [1.807, 2.05) is 31.2 Å². The van der Waals surface area contributed by atoms with E-state index >= 15 is 0 Å². The molecule has 0 aliphatic carbocycles. The van der Waals surface area contributed by atoms with Crippen LogP contribution in [0.2, 0.25) is 0 Å². The Hall–Kier alpha value is -1.55. The number of benzene rings is 1. The number of rotatable bonds is 7. The van der Waals surface area contributed by atoms with Gasteiger partial charge in [0.05, 0.1) is 6.61 Å².